The molecule has 0 heterocycles. The third-order valence-electron chi connectivity index (χ3n) is 1.39. The summed E-state index contributed by atoms with van der Waals surface area (Å²) >= 11 is 5.69. The minimum Gasteiger partial charge on any atom is -0.392 e. The molecular formula is C9H8ClFO. The van der Waals surface area contributed by atoms with Gasteiger partial charge in [0.2, 0.25) is 0 Å². The molecule has 0 aromatic heterocycles. The summed E-state index contributed by atoms with van der Waals surface area (Å²) in [5.74, 6) is -0.382. The molecular weight excluding hydrogens is 179 g/mol. The molecule has 3 heteroatoms. The molecule has 1 nitrogen and oxygen atoms in total. The van der Waals surface area contributed by atoms with Gasteiger partial charge in [-0.05, 0) is 12.1 Å². The van der Waals surface area contributed by atoms with Crippen LogP contribution in [0, 0.1) is 5.82 Å². The largest absolute Gasteiger partial charge is 0.392 e. The minimum absolute atomic E-state index is 0.120. The lowest BCUT2D eigenvalue weighted by Crippen LogP contribution is -1.83. The molecule has 0 unspecified atom stereocenters. The van der Waals surface area contributed by atoms with Gasteiger partial charge in [0.15, 0.2) is 0 Å². The van der Waals surface area contributed by atoms with Crippen LogP contribution in [0.1, 0.15) is 5.56 Å². The summed E-state index contributed by atoms with van der Waals surface area (Å²) in [6.45, 7) is -0.120. The predicted octanol–water partition coefficient (Wildman–Crippen LogP) is 2.48. The van der Waals surface area contributed by atoms with Gasteiger partial charge < -0.3 is 5.11 Å². The summed E-state index contributed by atoms with van der Waals surface area (Å²) < 4.78 is 13.0. The predicted molar refractivity (Wildman–Crippen MR) is 47.5 cm³/mol. The van der Waals surface area contributed by atoms with Crippen LogP contribution in [-0.4, -0.2) is 11.7 Å². The fourth-order valence-electron chi connectivity index (χ4n) is 0.840. The molecule has 0 radical (unpaired) electrons. The third kappa shape index (κ3) is 2.06. The van der Waals surface area contributed by atoms with E-state index in [0.717, 1.165) is 0 Å². The van der Waals surface area contributed by atoms with Crippen LogP contribution >= 0.6 is 11.6 Å². The molecule has 12 heavy (non-hydrogen) atoms. The summed E-state index contributed by atoms with van der Waals surface area (Å²) in [6, 6.07) is 4.46. The molecule has 0 bridgehead atoms. The zero-order valence-electron chi connectivity index (χ0n) is 6.30. The van der Waals surface area contributed by atoms with Gasteiger partial charge in [0, 0.05) is 5.56 Å². The Morgan fingerprint density at radius 1 is 1.50 bits per heavy atom. The average Bonchev–Trinajstić information content (AvgIpc) is 2.04. The van der Waals surface area contributed by atoms with E-state index in [0.29, 0.717) is 10.6 Å². The van der Waals surface area contributed by atoms with Crippen molar-refractivity contribution in [3.63, 3.8) is 0 Å². The molecule has 0 amide bonds. The number of aliphatic hydroxyl groups excluding tert-OH is 1. The van der Waals surface area contributed by atoms with Gasteiger partial charge in [0.1, 0.15) is 5.82 Å². The molecule has 0 aliphatic rings. The lowest BCUT2D eigenvalue weighted by Gasteiger charge is -1.98. The molecule has 0 saturated carbocycles. The van der Waals surface area contributed by atoms with Gasteiger partial charge in [0.25, 0.3) is 0 Å². The van der Waals surface area contributed by atoms with Crippen LogP contribution in [0.5, 0.6) is 0 Å². The van der Waals surface area contributed by atoms with Gasteiger partial charge in [0.05, 0.1) is 11.6 Å². The Labute approximate surface area is 75.1 Å². The molecule has 1 aromatic carbocycles. The van der Waals surface area contributed by atoms with Gasteiger partial charge in [-0.15, -0.1) is 0 Å². The highest BCUT2D eigenvalue weighted by Gasteiger charge is 2.01. The number of rotatable bonds is 2. The van der Waals surface area contributed by atoms with Crippen molar-refractivity contribution in [2.45, 2.75) is 0 Å². The minimum atomic E-state index is -0.382. The number of halogens is 2. The fraction of sp³-hybridized carbons (Fsp3) is 0.111. The van der Waals surface area contributed by atoms with Gasteiger partial charge in [-0.3, -0.25) is 0 Å². The second-order valence-corrected chi connectivity index (χ2v) is 2.63. The Kier molecular flexibility index (Phi) is 3.26. The third-order valence-corrected chi connectivity index (χ3v) is 1.72. The number of benzene rings is 1. The van der Waals surface area contributed by atoms with Crippen LogP contribution in [0.4, 0.5) is 4.39 Å². The number of hydrogen-bond donors (Lipinski definition) is 1. The van der Waals surface area contributed by atoms with Crippen molar-refractivity contribution in [1.29, 1.82) is 0 Å². The zero-order chi connectivity index (χ0) is 8.97. The maximum absolute atomic E-state index is 13.0. The lowest BCUT2D eigenvalue weighted by atomic mass is 10.2. The van der Waals surface area contributed by atoms with E-state index in [4.69, 9.17) is 16.7 Å². The van der Waals surface area contributed by atoms with Crippen LogP contribution in [-0.2, 0) is 0 Å². The van der Waals surface area contributed by atoms with Gasteiger partial charge in [-0.1, -0.05) is 29.8 Å². The molecule has 0 aliphatic heterocycles. The Hall–Kier alpha value is -0.860. The van der Waals surface area contributed by atoms with Gasteiger partial charge in [-0.2, -0.15) is 0 Å². The fourth-order valence-corrected chi connectivity index (χ4v) is 1.07. The Bertz CT molecular complexity index is 276. The van der Waals surface area contributed by atoms with E-state index in [9.17, 15) is 4.39 Å². The van der Waals surface area contributed by atoms with Crippen LogP contribution < -0.4 is 0 Å². The van der Waals surface area contributed by atoms with Gasteiger partial charge >= 0.3 is 0 Å². The number of hydrogen-bond acceptors (Lipinski definition) is 1. The van der Waals surface area contributed by atoms with Crippen LogP contribution in [0.25, 0.3) is 6.08 Å². The highest BCUT2D eigenvalue weighted by Crippen LogP contribution is 2.19. The summed E-state index contributed by atoms with van der Waals surface area (Å²) in [4.78, 5) is 0. The van der Waals surface area contributed by atoms with Crippen molar-refractivity contribution < 1.29 is 9.50 Å². The highest BCUT2D eigenvalue weighted by molar-refractivity contribution is 6.32. The van der Waals surface area contributed by atoms with Crippen molar-refractivity contribution in [3.05, 3.63) is 40.7 Å². The second-order valence-electron chi connectivity index (χ2n) is 2.22. The summed E-state index contributed by atoms with van der Waals surface area (Å²) in [7, 11) is 0. The molecule has 0 spiro atoms. The summed E-state index contributed by atoms with van der Waals surface area (Å²) in [5.41, 5.74) is 0.313. The molecule has 64 valence electrons. The summed E-state index contributed by atoms with van der Waals surface area (Å²) in [5, 5.41) is 8.80. The van der Waals surface area contributed by atoms with E-state index in [1.807, 2.05) is 0 Å². The topological polar surface area (TPSA) is 20.2 Å². The van der Waals surface area contributed by atoms with E-state index in [2.05, 4.69) is 0 Å². The highest BCUT2D eigenvalue weighted by atomic mass is 35.5. The van der Waals surface area contributed by atoms with Crippen LogP contribution in [0.2, 0.25) is 5.02 Å². The Morgan fingerprint density at radius 2 is 2.25 bits per heavy atom. The second kappa shape index (κ2) is 4.24. The smallest absolute Gasteiger partial charge is 0.131 e. The van der Waals surface area contributed by atoms with Gasteiger partial charge in [-0.25, -0.2) is 4.39 Å². The van der Waals surface area contributed by atoms with E-state index in [1.165, 1.54) is 24.3 Å². The molecule has 0 aliphatic carbocycles. The number of aliphatic hydroxyl groups is 1. The lowest BCUT2D eigenvalue weighted by molar-refractivity contribution is 0.343. The summed E-state index contributed by atoms with van der Waals surface area (Å²) in [6.07, 6.45) is 2.89. The normalized spacial score (nSPS) is 10.9. The molecule has 0 atom stereocenters. The molecule has 0 saturated heterocycles. The standard InChI is InChI=1S/C9H8ClFO/c10-8-4-1-5-9(11)7(8)3-2-6-12/h1-5,12H,6H2. The maximum Gasteiger partial charge on any atom is 0.131 e. The van der Waals surface area contributed by atoms with Crippen molar-refractivity contribution in [2.75, 3.05) is 6.61 Å². The Balaban J connectivity index is 3.04. The first kappa shape index (κ1) is 9.23. The van der Waals surface area contributed by atoms with E-state index in [-0.39, 0.29) is 12.4 Å². The van der Waals surface area contributed by atoms with E-state index >= 15 is 0 Å². The molecule has 1 rings (SSSR count). The van der Waals surface area contributed by atoms with E-state index in [1.54, 1.807) is 6.07 Å². The van der Waals surface area contributed by atoms with E-state index < -0.39 is 0 Å². The molecule has 1 aromatic rings. The zero-order valence-corrected chi connectivity index (χ0v) is 7.05. The first-order valence-electron chi connectivity index (χ1n) is 3.47. The van der Waals surface area contributed by atoms with Crippen LogP contribution in [0.3, 0.4) is 0 Å². The van der Waals surface area contributed by atoms with Crippen molar-refractivity contribution in [1.82, 2.24) is 0 Å². The monoisotopic (exact) mass is 186 g/mol. The van der Waals surface area contributed by atoms with Crippen molar-refractivity contribution in [3.8, 4) is 0 Å². The SMILES string of the molecule is OCC=Cc1c(F)cccc1Cl. The molecule has 1 N–H and O–H groups in total. The molecule has 0 fully saturated rings. The van der Waals surface area contributed by atoms with Crippen LogP contribution in [0.15, 0.2) is 24.3 Å². The first-order chi connectivity index (χ1) is 5.75. The average molecular weight is 187 g/mol. The van der Waals surface area contributed by atoms with Crippen molar-refractivity contribution in [2.24, 2.45) is 0 Å². The maximum atomic E-state index is 13.0. The first-order valence-corrected chi connectivity index (χ1v) is 3.85. The van der Waals surface area contributed by atoms with Crippen molar-refractivity contribution >= 4 is 17.7 Å². The quantitative estimate of drug-likeness (QED) is 0.753. The Morgan fingerprint density at radius 3 is 2.83 bits per heavy atom.